The Morgan fingerprint density at radius 1 is 1.43 bits per heavy atom. The largest absolute Gasteiger partial charge is 0.392 e. The van der Waals surface area contributed by atoms with Crippen molar-refractivity contribution in [1.29, 1.82) is 0 Å². The molecule has 0 saturated carbocycles. The molecule has 1 heterocycles. The molecular formula is C13H17Cl2NO4S. The molecule has 1 unspecified atom stereocenters. The highest BCUT2D eigenvalue weighted by Crippen LogP contribution is 2.34. The summed E-state index contributed by atoms with van der Waals surface area (Å²) >= 11 is 12.0. The van der Waals surface area contributed by atoms with Crippen LogP contribution in [0.4, 0.5) is 0 Å². The molecule has 5 nitrogen and oxygen atoms in total. The molecule has 1 N–H and O–H groups in total. The molecule has 1 aliphatic heterocycles. The molecule has 1 saturated heterocycles. The molecule has 1 aliphatic rings. The van der Waals surface area contributed by atoms with Gasteiger partial charge >= 0.3 is 0 Å². The first-order valence-electron chi connectivity index (χ1n) is 6.60. The van der Waals surface area contributed by atoms with Gasteiger partial charge in [0.2, 0.25) is 10.0 Å². The van der Waals surface area contributed by atoms with Crippen molar-refractivity contribution in [3.05, 3.63) is 27.7 Å². The minimum Gasteiger partial charge on any atom is -0.392 e. The third kappa shape index (κ3) is 3.21. The average Bonchev–Trinajstić information content (AvgIpc) is 2.47. The van der Waals surface area contributed by atoms with Gasteiger partial charge in [-0.1, -0.05) is 30.1 Å². The van der Waals surface area contributed by atoms with Gasteiger partial charge < -0.3 is 9.84 Å². The Hall–Kier alpha value is -0.370. The Labute approximate surface area is 134 Å². The van der Waals surface area contributed by atoms with Gasteiger partial charge in [-0.15, -0.1) is 0 Å². The quantitative estimate of drug-likeness (QED) is 0.901. The molecule has 0 aliphatic carbocycles. The highest BCUT2D eigenvalue weighted by Gasteiger charge is 2.35. The van der Waals surface area contributed by atoms with E-state index in [0.717, 1.165) is 0 Å². The minimum atomic E-state index is -3.75. The number of hydrogen-bond acceptors (Lipinski definition) is 4. The van der Waals surface area contributed by atoms with E-state index in [2.05, 4.69) is 0 Å². The normalized spacial score (nSPS) is 20.7. The molecule has 1 aromatic rings. The predicted octanol–water partition coefficient (Wildman–Crippen LogP) is 2.29. The molecule has 1 atom stereocenters. The summed E-state index contributed by atoms with van der Waals surface area (Å²) < 4.78 is 32.4. The zero-order valence-corrected chi connectivity index (χ0v) is 13.9. The Morgan fingerprint density at radius 2 is 2.14 bits per heavy atom. The first-order chi connectivity index (χ1) is 9.93. The minimum absolute atomic E-state index is 0.0219. The molecule has 1 fully saturated rings. The van der Waals surface area contributed by atoms with E-state index in [-0.39, 0.29) is 33.1 Å². The van der Waals surface area contributed by atoms with Crippen molar-refractivity contribution in [2.45, 2.75) is 30.9 Å². The number of ether oxygens (including phenoxy) is 1. The first-order valence-corrected chi connectivity index (χ1v) is 8.80. The number of morpholine rings is 1. The van der Waals surface area contributed by atoms with Gasteiger partial charge in [0.05, 0.1) is 24.8 Å². The average molecular weight is 354 g/mol. The fourth-order valence-corrected chi connectivity index (χ4v) is 4.87. The number of rotatable bonds is 4. The van der Waals surface area contributed by atoms with Crippen molar-refractivity contribution in [2.24, 2.45) is 0 Å². The maximum absolute atomic E-state index is 12.8. The van der Waals surface area contributed by atoms with E-state index in [1.54, 1.807) is 0 Å². The highest BCUT2D eigenvalue weighted by atomic mass is 35.5. The summed E-state index contributed by atoms with van der Waals surface area (Å²) in [7, 11) is -3.75. The summed E-state index contributed by atoms with van der Waals surface area (Å²) in [5, 5.41) is 9.52. The van der Waals surface area contributed by atoms with Gasteiger partial charge in [0.1, 0.15) is 4.90 Å². The van der Waals surface area contributed by atoms with Crippen LogP contribution in [0.5, 0.6) is 0 Å². The second-order valence-corrected chi connectivity index (χ2v) is 7.39. The van der Waals surface area contributed by atoms with Gasteiger partial charge in [0.15, 0.2) is 0 Å². The lowest BCUT2D eigenvalue weighted by Crippen LogP contribution is -2.48. The molecule has 8 heteroatoms. The molecule has 0 radical (unpaired) electrons. The van der Waals surface area contributed by atoms with Crippen LogP contribution in [0.3, 0.4) is 0 Å². The third-order valence-electron chi connectivity index (χ3n) is 3.54. The van der Waals surface area contributed by atoms with Crippen molar-refractivity contribution in [3.8, 4) is 0 Å². The van der Waals surface area contributed by atoms with Gasteiger partial charge in [-0.2, -0.15) is 4.31 Å². The Kier molecular flexibility index (Phi) is 5.51. The van der Waals surface area contributed by atoms with E-state index < -0.39 is 16.6 Å². The molecule has 21 heavy (non-hydrogen) atoms. The fourth-order valence-electron chi connectivity index (χ4n) is 2.32. The number of aliphatic hydroxyl groups is 1. The lowest BCUT2D eigenvalue weighted by atomic mass is 10.2. The van der Waals surface area contributed by atoms with Crippen LogP contribution in [0.25, 0.3) is 0 Å². The highest BCUT2D eigenvalue weighted by molar-refractivity contribution is 7.89. The van der Waals surface area contributed by atoms with E-state index in [0.29, 0.717) is 19.6 Å². The van der Waals surface area contributed by atoms with Gasteiger partial charge in [0, 0.05) is 23.2 Å². The zero-order chi connectivity index (χ0) is 15.6. The van der Waals surface area contributed by atoms with Gasteiger partial charge in [-0.05, 0) is 18.6 Å². The summed E-state index contributed by atoms with van der Waals surface area (Å²) in [5.74, 6) is 0. The van der Waals surface area contributed by atoms with Crippen LogP contribution in [0.2, 0.25) is 10.0 Å². The van der Waals surface area contributed by atoms with E-state index >= 15 is 0 Å². The first kappa shape index (κ1) is 17.0. The van der Waals surface area contributed by atoms with Crippen LogP contribution in [0.15, 0.2) is 17.0 Å². The summed E-state index contributed by atoms with van der Waals surface area (Å²) in [5.41, 5.74) is 0.223. The van der Waals surface area contributed by atoms with E-state index in [9.17, 15) is 13.5 Å². The van der Waals surface area contributed by atoms with Crippen LogP contribution < -0.4 is 0 Å². The monoisotopic (exact) mass is 353 g/mol. The number of aliphatic hydroxyl groups excluding tert-OH is 1. The van der Waals surface area contributed by atoms with Crippen LogP contribution in [-0.4, -0.2) is 43.6 Å². The molecule has 0 aromatic heterocycles. The molecule has 118 valence electrons. The van der Waals surface area contributed by atoms with Crippen LogP contribution in [-0.2, 0) is 21.4 Å². The van der Waals surface area contributed by atoms with Crippen molar-refractivity contribution in [3.63, 3.8) is 0 Å². The molecule has 0 spiro atoms. The van der Waals surface area contributed by atoms with Crippen LogP contribution in [0, 0.1) is 0 Å². The molecule has 1 aromatic carbocycles. The number of halogens is 2. The molecular weight excluding hydrogens is 337 g/mol. The number of sulfonamides is 1. The van der Waals surface area contributed by atoms with Gasteiger partial charge in [-0.25, -0.2) is 8.42 Å². The van der Waals surface area contributed by atoms with E-state index in [1.807, 2.05) is 6.92 Å². The lowest BCUT2D eigenvalue weighted by Gasteiger charge is -2.34. The second-order valence-electron chi connectivity index (χ2n) is 4.75. The van der Waals surface area contributed by atoms with Gasteiger partial charge in [-0.3, -0.25) is 0 Å². The van der Waals surface area contributed by atoms with Crippen molar-refractivity contribution in [1.82, 2.24) is 4.31 Å². The van der Waals surface area contributed by atoms with E-state index in [4.69, 9.17) is 27.9 Å². The summed E-state index contributed by atoms with van der Waals surface area (Å²) in [6.07, 6.45) is 0.650. The van der Waals surface area contributed by atoms with Crippen molar-refractivity contribution >= 4 is 33.2 Å². The molecule has 0 bridgehead atoms. The van der Waals surface area contributed by atoms with Gasteiger partial charge in [0.25, 0.3) is 0 Å². The standard InChI is InChI=1S/C13H17Cl2NO4S/c1-2-9-8-20-6-5-16(9)21(18,19)12-4-3-11(14)10(7-17)13(12)15/h3-4,9,17H,2,5-8H2,1H3. The maximum Gasteiger partial charge on any atom is 0.244 e. The number of nitrogens with zero attached hydrogens (tertiary/aromatic N) is 1. The number of benzene rings is 1. The number of hydrogen-bond donors (Lipinski definition) is 1. The summed E-state index contributed by atoms with van der Waals surface area (Å²) in [6, 6.07) is 2.60. The summed E-state index contributed by atoms with van der Waals surface area (Å²) in [4.78, 5) is -0.0297. The topological polar surface area (TPSA) is 66.8 Å². The van der Waals surface area contributed by atoms with E-state index in [1.165, 1.54) is 16.4 Å². The third-order valence-corrected chi connectivity index (χ3v) is 6.43. The zero-order valence-electron chi connectivity index (χ0n) is 11.6. The molecule has 2 rings (SSSR count). The smallest absolute Gasteiger partial charge is 0.244 e. The van der Waals surface area contributed by atoms with Crippen LogP contribution >= 0.6 is 23.2 Å². The molecule has 0 amide bonds. The van der Waals surface area contributed by atoms with Crippen LogP contribution in [0.1, 0.15) is 18.9 Å². The SMILES string of the molecule is CCC1COCCN1S(=O)(=O)c1ccc(Cl)c(CO)c1Cl. The predicted molar refractivity (Wildman–Crippen MR) is 81.2 cm³/mol. The van der Waals surface area contributed by atoms with Crippen molar-refractivity contribution < 1.29 is 18.3 Å². The lowest BCUT2D eigenvalue weighted by molar-refractivity contribution is 0.0314. The Morgan fingerprint density at radius 3 is 2.76 bits per heavy atom. The maximum atomic E-state index is 12.8. The van der Waals surface area contributed by atoms with Crippen molar-refractivity contribution in [2.75, 3.05) is 19.8 Å². The fraction of sp³-hybridized carbons (Fsp3) is 0.538. The Bertz CT molecular complexity index is 621. The second kappa shape index (κ2) is 6.81. The Balaban J connectivity index is 2.49. The summed E-state index contributed by atoms with van der Waals surface area (Å²) in [6.45, 7) is 2.50.